The molecule has 0 heterocycles. The van der Waals surface area contributed by atoms with Crippen LogP contribution in [0.15, 0.2) is 46.9 Å². The first-order chi connectivity index (χ1) is 9.61. The van der Waals surface area contributed by atoms with Gasteiger partial charge in [-0.25, -0.2) is 0 Å². The number of methoxy groups -OCH3 is 1. The van der Waals surface area contributed by atoms with E-state index in [1.54, 1.807) is 7.11 Å². The van der Waals surface area contributed by atoms with Gasteiger partial charge >= 0.3 is 0 Å². The van der Waals surface area contributed by atoms with Crippen LogP contribution in [0.3, 0.4) is 0 Å². The van der Waals surface area contributed by atoms with Crippen molar-refractivity contribution in [2.45, 2.75) is 6.61 Å². The number of benzene rings is 2. The first-order valence-electron chi connectivity index (χ1n) is 5.96. The van der Waals surface area contributed by atoms with Crippen molar-refractivity contribution in [3.63, 3.8) is 0 Å². The van der Waals surface area contributed by atoms with Crippen LogP contribution < -0.4 is 15.2 Å². The molecular weight excluding hydrogens is 338 g/mol. The fraction of sp³-hybridized carbons (Fsp3) is 0.133. The molecule has 0 aliphatic carbocycles. The van der Waals surface area contributed by atoms with E-state index in [1.165, 1.54) is 0 Å². The molecule has 0 aromatic heterocycles. The van der Waals surface area contributed by atoms with Crippen molar-refractivity contribution in [3.05, 3.63) is 58.1 Å². The summed E-state index contributed by atoms with van der Waals surface area (Å²) in [6.45, 7) is 0.377. The SMILES string of the molecule is COc1ccc(Br)cc1COc1ccccc1C(N)=S. The van der Waals surface area contributed by atoms with Gasteiger partial charge in [0, 0.05) is 10.0 Å². The highest BCUT2D eigenvalue weighted by Crippen LogP contribution is 2.25. The standard InChI is InChI=1S/C15H14BrNO2S/c1-18-13-7-6-11(16)8-10(13)9-19-14-5-3-2-4-12(14)15(17)20/h2-8H,9H2,1H3,(H2,17,20). The smallest absolute Gasteiger partial charge is 0.129 e. The summed E-state index contributed by atoms with van der Waals surface area (Å²) < 4.78 is 12.1. The lowest BCUT2D eigenvalue weighted by Gasteiger charge is -2.13. The zero-order valence-corrected chi connectivity index (χ0v) is 13.3. The number of rotatable bonds is 5. The van der Waals surface area contributed by atoms with E-state index in [0.29, 0.717) is 17.3 Å². The summed E-state index contributed by atoms with van der Waals surface area (Å²) in [6, 6.07) is 13.2. The molecule has 0 radical (unpaired) electrons. The van der Waals surface area contributed by atoms with Crippen molar-refractivity contribution in [3.8, 4) is 11.5 Å². The Kier molecular flexibility index (Phi) is 4.98. The molecule has 20 heavy (non-hydrogen) atoms. The second-order valence-electron chi connectivity index (χ2n) is 4.11. The number of hydrogen-bond acceptors (Lipinski definition) is 3. The maximum absolute atomic E-state index is 5.81. The Balaban J connectivity index is 2.21. The molecule has 0 fully saturated rings. The largest absolute Gasteiger partial charge is 0.496 e. The van der Waals surface area contributed by atoms with Crippen LogP contribution in [0, 0.1) is 0 Å². The highest BCUT2D eigenvalue weighted by Gasteiger charge is 2.08. The van der Waals surface area contributed by atoms with Crippen molar-refractivity contribution in [1.29, 1.82) is 0 Å². The van der Waals surface area contributed by atoms with Gasteiger partial charge in [-0.3, -0.25) is 0 Å². The first kappa shape index (κ1) is 14.8. The van der Waals surface area contributed by atoms with Crippen molar-refractivity contribution < 1.29 is 9.47 Å². The molecule has 0 spiro atoms. The maximum Gasteiger partial charge on any atom is 0.129 e. The molecule has 104 valence electrons. The lowest BCUT2D eigenvalue weighted by atomic mass is 10.2. The molecule has 5 heteroatoms. The van der Waals surface area contributed by atoms with E-state index in [-0.39, 0.29) is 0 Å². The minimum Gasteiger partial charge on any atom is -0.496 e. The van der Waals surface area contributed by atoms with Gasteiger partial charge in [-0.1, -0.05) is 40.3 Å². The van der Waals surface area contributed by atoms with Crippen LogP contribution in [0.5, 0.6) is 11.5 Å². The first-order valence-corrected chi connectivity index (χ1v) is 7.16. The predicted molar refractivity (Wildman–Crippen MR) is 87.4 cm³/mol. The summed E-state index contributed by atoms with van der Waals surface area (Å²) in [7, 11) is 1.63. The normalized spacial score (nSPS) is 10.1. The van der Waals surface area contributed by atoms with Gasteiger partial charge in [-0.05, 0) is 30.3 Å². The molecule has 0 bridgehead atoms. The Morgan fingerprint density at radius 1 is 1.20 bits per heavy atom. The highest BCUT2D eigenvalue weighted by atomic mass is 79.9. The Morgan fingerprint density at radius 3 is 2.65 bits per heavy atom. The van der Waals surface area contributed by atoms with Crippen LogP contribution in [0.2, 0.25) is 0 Å². The molecule has 2 N–H and O–H groups in total. The van der Waals surface area contributed by atoms with Crippen molar-refractivity contribution in [2.75, 3.05) is 7.11 Å². The fourth-order valence-electron chi connectivity index (χ4n) is 1.81. The molecule has 2 aromatic carbocycles. The van der Waals surface area contributed by atoms with E-state index in [0.717, 1.165) is 21.3 Å². The Bertz CT molecular complexity index is 631. The van der Waals surface area contributed by atoms with Gasteiger partial charge in [-0.2, -0.15) is 0 Å². The van der Waals surface area contributed by atoms with Crippen molar-refractivity contribution in [2.24, 2.45) is 5.73 Å². The van der Waals surface area contributed by atoms with Crippen LogP contribution >= 0.6 is 28.1 Å². The van der Waals surface area contributed by atoms with Crippen LogP contribution in [0.25, 0.3) is 0 Å². The van der Waals surface area contributed by atoms with Gasteiger partial charge in [0.1, 0.15) is 23.1 Å². The molecule has 0 atom stereocenters. The topological polar surface area (TPSA) is 44.5 Å². The summed E-state index contributed by atoms with van der Waals surface area (Å²) >= 11 is 8.45. The Labute approximate surface area is 131 Å². The Morgan fingerprint density at radius 2 is 1.95 bits per heavy atom. The third-order valence-corrected chi connectivity index (χ3v) is 3.49. The maximum atomic E-state index is 5.81. The molecule has 0 amide bonds. The second-order valence-corrected chi connectivity index (χ2v) is 5.46. The summed E-state index contributed by atoms with van der Waals surface area (Å²) in [5.74, 6) is 1.45. The zero-order chi connectivity index (χ0) is 14.5. The van der Waals surface area contributed by atoms with E-state index in [1.807, 2.05) is 42.5 Å². The molecule has 0 saturated heterocycles. The van der Waals surface area contributed by atoms with E-state index in [2.05, 4.69) is 15.9 Å². The lowest BCUT2D eigenvalue weighted by Crippen LogP contribution is -2.11. The van der Waals surface area contributed by atoms with Gasteiger partial charge in [-0.15, -0.1) is 0 Å². The number of thiocarbonyl (C=S) groups is 1. The molecular formula is C15H14BrNO2S. The predicted octanol–water partition coefficient (Wildman–Crippen LogP) is 3.67. The number of halogens is 1. The fourth-order valence-corrected chi connectivity index (χ4v) is 2.39. The summed E-state index contributed by atoms with van der Waals surface area (Å²) in [5.41, 5.74) is 7.36. The monoisotopic (exact) mass is 351 g/mol. The minimum atomic E-state index is 0.321. The summed E-state index contributed by atoms with van der Waals surface area (Å²) in [4.78, 5) is 0.321. The van der Waals surface area contributed by atoms with Crippen LogP contribution in [0.4, 0.5) is 0 Å². The molecule has 2 aromatic rings. The van der Waals surface area contributed by atoms with E-state index >= 15 is 0 Å². The molecule has 0 aliphatic rings. The Hall–Kier alpha value is -1.59. The summed E-state index contributed by atoms with van der Waals surface area (Å²) in [6.07, 6.45) is 0. The van der Waals surface area contributed by atoms with Crippen molar-refractivity contribution >= 4 is 33.1 Å². The summed E-state index contributed by atoms with van der Waals surface area (Å²) in [5, 5.41) is 0. The van der Waals surface area contributed by atoms with Crippen LogP contribution in [-0.4, -0.2) is 12.1 Å². The van der Waals surface area contributed by atoms with Gasteiger partial charge in [0.05, 0.1) is 12.7 Å². The minimum absolute atomic E-state index is 0.321. The van der Waals surface area contributed by atoms with Gasteiger partial charge in [0.15, 0.2) is 0 Å². The third-order valence-electron chi connectivity index (χ3n) is 2.78. The number of para-hydroxylation sites is 1. The average Bonchev–Trinajstić information content (AvgIpc) is 2.45. The molecule has 0 aliphatic heterocycles. The van der Waals surface area contributed by atoms with Crippen LogP contribution in [0.1, 0.15) is 11.1 Å². The molecule has 3 nitrogen and oxygen atoms in total. The van der Waals surface area contributed by atoms with Gasteiger partial charge in [0.25, 0.3) is 0 Å². The van der Waals surface area contributed by atoms with E-state index in [9.17, 15) is 0 Å². The molecule has 2 rings (SSSR count). The number of hydrogen-bond donors (Lipinski definition) is 1. The van der Waals surface area contributed by atoms with Crippen LogP contribution in [-0.2, 0) is 6.61 Å². The number of ether oxygens (including phenoxy) is 2. The quantitative estimate of drug-likeness (QED) is 0.834. The lowest BCUT2D eigenvalue weighted by molar-refractivity contribution is 0.296. The van der Waals surface area contributed by atoms with Gasteiger partial charge in [0.2, 0.25) is 0 Å². The third kappa shape index (κ3) is 3.49. The number of nitrogens with two attached hydrogens (primary N) is 1. The van der Waals surface area contributed by atoms with E-state index in [4.69, 9.17) is 27.4 Å². The second kappa shape index (κ2) is 6.72. The van der Waals surface area contributed by atoms with E-state index < -0.39 is 0 Å². The molecule has 0 saturated carbocycles. The highest BCUT2D eigenvalue weighted by molar-refractivity contribution is 9.10. The molecule has 0 unspecified atom stereocenters. The van der Waals surface area contributed by atoms with Gasteiger partial charge < -0.3 is 15.2 Å². The van der Waals surface area contributed by atoms with Crippen molar-refractivity contribution in [1.82, 2.24) is 0 Å². The average molecular weight is 352 g/mol. The zero-order valence-electron chi connectivity index (χ0n) is 10.9.